The largest absolute Gasteiger partial charge is 0.310 e. The van der Waals surface area contributed by atoms with Crippen molar-refractivity contribution in [3.05, 3.63) is 130 Å². The molecule has 8 heteroatoms. The molecular weight excluding hydrogens is 506 g/mol. The molecule has 0 saturated carbocycles. The minimum atomic E-state index is -0.317. The lowest BCUT2D eigenvalue weighted by Crippen LogP contribution is -2.19. The predicted molar refractivity (Wildman–Crippen MR) is 155 cm³/mol. The SMILES string of the molecule is O=C(Cc1ccc(-c2ccccc2)cc1)Nc1cc(-c2cccs2)nn1-c1nc(-c2ccccc2)cc(=O)[nH]1. The number of aromatic amines is 1. The van der Waals surface area contributed by atoms with Crippen molar-refractivity contribution in [1.82, 2.24) is 19.7 Å². The van der Waals surface area contributed by atoms with Crippen molar-refractivity contribution in [2.24, 2.45) is 0 Å². The fourth-order valence-electron chi connectivity index (χ4n) is 4.30. The average Bonchev–Trinajstić information content (AvgIpc) is 3.65. The third kappa shape index (κ3) is 5.46. The average molecular weight is 530 g/mol. The first kappa shape index (κ1) is 24.3. The zero-order valence-corrected chi connectivity index (χ0v) is 21.6. The Kier molecular flexibility index (Phi) is 6.67. The molecule has 0 bridgehead atoms. The highest BCUT2D eigenvalue weighted by atomic mass is 32.1. The van der Waals surface area contributed by atoms with Gasteiger partial charge in [0.05, 0.1) is 17.0 Å². The molecule has 1 amide bonds. The minimum absolute atomic E-state index is 0.183. The van der Waals surface area contributed by atoms with Crippen LogP contribution in [0.5, 0.6) is 0 Å². The van der Waals surface area contributed by atoms with Gasteiger partial charge < -0.3 is 5.32 Å². The molecule has 2 N–H and O–H groups in total. The fourth-order valence-corrected chi connectivity index (χ4v) is 4.98. The van der Waals surface area contributed by atoms with Gasteiger partial charge in [0, 0.05) is 17.7 Å². The summed E-state index contributed by atoms with van der Waals surface area (Å²) in [5, 5.41) is 9.61. The van der Waals surface area contributed by atoms with Crippen LogP contribution in [-0.4, -0.2) is 25.7 Å². The van der Waals surface area contributed by atoms with E-state index in [0.717, 1.165) is 27.1 Å². The van der Waals surface area contributed by atoms with Gasteiger partial charge in [-0.2, -0.15) is 9.78 Å². The van der Waals surface area contributed by atoms with Gasteiger partial charge in [-0.05, 0) is 28.1 Å². The van der Waals surface area contributed by atoms with E-state index >= 15 is 0 Å². The summed E-state index contributed by atoms with van der Waals surface area (Å²) < 4.78 is 1.47. The van der Waals surface area contributed by atoms with Crippen LogP contribution >= 0.6 is 11.3 Å². The maximum absolute atomic E-state index is 13.1. The fraction of sp³-hybridized carbons (Fsp3) is 0.0323. The number of rotatable bonds is 7. The number of hydrogen-bond acceptors (Lipinski definition) is 5. The highest BCUT2D eigenvalue weighted by Crippen LogP contribution is 2.28. The Morgan fingerprint density at radius 1 is 0.795 bits per heavy atom. The summed E-state index contributed by atoms with van der Waals surface area (Å²) in [4.78, 5) is 34.1. The Morgan fingerprint density at radius 3 is 2.18 bits per heavy atom. The molecule has 3 aromatic heterocycles. The van der Waals surface area contributed by atoms with E-state index < -0.39 is 0 Å². The molecule has 0 aliphatic carbocycles. The van der Waals surface area contributed by atoms with E-state index in [4.69, 9.17) is 0 Å². The number of thiophene rings is 1. The number of benzene rings is 3. The molecule has 0 saturated heterocycles. The second-order valence-corrected chi connectivity index (χ2v) is 9.86. The van der Waals surface area contributed by atoms with Gasteiger partial charge in [0.25, 0.3) is 5.56 Å². The van der Waals surface area contributed by atoms with Gasteiger partial charge in [0.15, 0.2) is 0 Å². The first-order valence-corrected chi connectivity index (χ1v) is 13.3. The Morgan fingerprint density at radius 2 is 1.49 bits per heavy atom. The van der Waals surface area contributed by atoms with Crippen molar-refractivity contribution in [3.8, 4) is 38.9 Å². The molecule has 0 fully saturated rings. The summed E-state index contributed by atoms with van der Waals surface area (Å²) in [7, 11) is 0. The molecule has 0 spiro atoms. The molecule has 7 nitrogen and oxygen atoms in total. The molecular formula is C31H23N5O2S. The van der Waals surface area contributed by atoms with Crippen LogP contribution in [0.2, 0.25) is 0 Å². The number of carbonyl (C=O) groups excluding carboxylic acids is 1. The third-order valence-electron chi connectivity index (χ3n) is 6.18. The van der Waals surface area contributed by atoms with Gasteiger partial charge in [0.2, 0.25) is 11.9 Å². The van der Waals surface area contributed by atoms with Crippen LogP contribution in [-0.2, 0) is 11.2 Å². The summed E-state index contributed by atoms with van der Waals surface area (Å²) in [5.41, 5.74) is 4.76. The van der Waals surface area contributed by atoms with E-state index in [-0.39, 0.29) is 23.8 Å². The summed E-state index contributed by atoms with van der Waals surface area (Å²) in [6.45, 7) is 0. The Bertz CT molecular complexity index is 1780. The molecule has 3 aromatic carbocycles. The van der Waals surface area contributed by atoms with Crippen molar-refractivity contribution in [2.75, 3.05) is 5.32 Å². The molecule has 0 aliphatic heterocycles. The van der Waals surface area contributed by atoms with E-state index in [2.05, 4.69) is 32.5 Å². The van der Waals surface area contributed by atoms with E-state index in [1.165, 1.54) is 22.1 Å². The van der Waals surface area contributed by atoms with Gasteiger partial charge >= 0.3 is 0 Å². The van der Waals surface area contributed by atoms with E-state index in [1.54, 1.807) is 6.07 Å². The van der Waals surface area contributed by atoms with Crippen LogP contribution in [0.25, 0.3) is 38.9 Å². The molecule has 0 atom stereocenters. The van der Waals surface area contributed by atoms with Crippen LogP contribution in [0.15, 0.2) is 119 Å². The van der Waals surface area contributed by atoms with Gasteiger partial charge in [-0.1, -0.05) is 91.0 Å². The first-order valence-electron chi connectivity index (χ1n) is 12.4. The lowest BCUT2D eigenvalue weighted by molar-refractivity contribution is -0.115. The lowest BCUT2D eigenvalue weighted by atomic mass is 10.0. The normalized spacial score (nSPS) is 10.9. The standard InChI is InChI=1S/C31H23N5O2S/c37-29(18-21-13-15-23(16-14-21)22-8-3-1-4-9-22)33-28-19-26(27-12-7-17-39-27)35-36(28)31-32-25(20-30(38)34-31)24-10-5-2-6-11-24/h1-17,19-20H,18H2,(H,33,37)(H,32,34,38). The second kappa shape index (κ2) is 10.7. The summed E-state index contributed by atoms with van der Waals surface area (Å²) in [5.74, 6) is 0.423. The zero-order valence-electron chi connectivity index (χ0n) is 20.7. The molecule has 3 heterocycles. The van der Waals surface area contributed by atoms with Crippen LogP contribution in [0, 0.1) is 0 Å². The number of nitrogens with one attached hydrogen (secondary N) is 2. The Labute approximate surface area is 228 Å². The highest BCUT2D eigenvalue weighted by Gasteiger charge is 2.17. The van der Waals surface area contributed by atoms with E-state index in [0.29, 0.717) is 17.2 Å². The number of anilines is 1. The van der Waals surface area contributed by atoms with Gasteiger partial charge in [0.1, 0.15) is 11.5 Å². The summed E-state index contributed by atoms with van der Waals surface area (Å²) in [6, 6.07) is 34.6. The van der Waals surface area contributed by atoms with Crippen molar-refractivity contribution in [2.45, 2.75) is 6.42 Å². The number of aromatic nitrogens is 4. The van der Waals surface area contributed by atoms with E-state index in [9.17, 15) is 9.59 Å². The van der Waals surface area contributed by atoms with Crippen molar-refractivity contribution >= 4 is 23.1 Å². The molecule has 0 radical (unpaired) electrons. The summed E-state index contributed by atoms with van der Waals surface area (Å²) in [6.07, 6.45) is 0.183. The molecule has 39 heavy (non-hydrogen) atoms. The second-order valence-electron chi connectivity index (χ2n) is 8.91. The number of amides is 1. The number of nitrogens with zero attached hydrogens (tertiary/aromatic N) is 3. The first-order chi connectivity index (χ1) is 19.1. The quantitative estimate of drug-likeness (QED) is 0.258. The Hall–Kier alpha value is -5.08. The van der Waals surface area contributed by atoms with Crippen LogP contribution in [0.4, 0.5) is 5.82 Å². The monoisotopic (exact) mass is 529 g/mol. The number of H-pyrrole nitrogens is 1. The smallest absolute Gasteiger partial charge is 0.252 e. The van der Waals surface area contributed by atoms with Gasteiger partial charge in [-0.25, -0.2) is 4.98 Å². The summed E-state index contributed by atoms with van der Waals surface area (Å²) >= 11 is 1.54. The van der Waals surface area contributed by atoms with Crippen LogP contribution in [0.3, 0.4) is 0 Å². The van der Waals surface area contributed by atoms with Gasteiger partial charge in [-0.3, -0.25) is 14.6 Å². The van der Waals surface area contributed by atoms with Crippen molar-refractivity contribution in [1.29, 1.82) is 0 Å². The molecule has 0 aliphatic rings. The maximum atomic E-state index is 13.1. The van der Waals surface area contributed by atoms with E-state index in [1.807, 2.05) is 90.3 Å². The number of carbonyl (C=O) groups is 1. The number of hydrogen-bond donors (Lipinski definition) is 2. The molecule has 190 valence electrons. The maximum Gasteiger partial charge on any atom is 0.252 e. The van der Waals surface area contributed by atoms with Crippen molar-refractivity contribution in [3.63, 3.8) is 0 Å². The minimum Gasteiger partial charge on any atom is -0.310 e. The Balaban J connectivity index is 1.30. The lowest BCUT2D eigenvalue weighted by Gasteiger charge is -2.10. The zero-order chi connectivity index (χ0) is 26.6. The topological polar surface area (TPSA) is 92.7 Å². The van der Waals surface area contributed by atoms with Crippen LogP contribution in [0.1, 0.15) is 5.56 Å². The molecule has 0 unspecified atom stereocenters. The predicted octanol–water partition coefficient (Wildman–Crippen LogP) is 6.20. The molecule has 6 aromatic rings. The third-order valence-corrected chi connectivity index (χ3v) is 7.07. The van der Waals surface area contributed by atoms with Crippen LogP contribution < -0.4 is 10.9 Å². The highest BCUT2D eigenvalue weighted by molar-refractivity contribution is 7.13. The van der Waals surface area contributed by atoms with Crippen molar-refractivity contribution < 1.29 is 4.79 Å². The molecule has 6 rings (SSSR count). The van der Waals surface area contributed by atoms with Gasteiger partial charge in [-0.15, -0.1) is 11.3 Å².